The molecule has 1 aliphatic heterocycles. The van der Waals surface area contributed by atoms with E-state index >= 15 is 0 Å². The van der Waals surface area contributed by atoms with E-state index in [1.165, 1.54) is 0 Å². The van der Waals surface area contributed by atoms with Crippen LogP contribution < -0.4 is 0 Å². The number of likely N-dealkylation sites (tertiary alicyclic amines) is 1. The number of hydrogen-bond donors (Lipinski definition) is 1. The molecular formula is C15H18N4O2. The fraction of sp³-hybridized carbons (Fsp3) is 0.400. The molecule has 1 fully saturated rings. The number of phenolic OH excluding ortho intramolecular Hbond substituents is 1. The fourth-order valence-electron chi connectivity index (χ4n) is 2.69. The molecule has 1 N–H and O–H groups in total. The number of carbonyl (C=O) groups excluding carboxylic acids is 1. The SMILES string of the molecule is O=C(Cc1ccc(O)cc1)N1CCC(n2ccnn2)CC1. The Balaban J connectivity index is 1.54. The second-order valence-corrected chi connectivity index (χ2v) is 5.34. The predicted octanol–water partition coefficient (Wildman–Crippen LogP) is 1.39. The van der Waals surface area contributed by atoms with Crippen molar-refractivity contribution < 1.29 is 9.90 Å². The third-order valence-electron chi connectivity index (χ3n) is 3.92. The molecule has 110 valence electrons. The summed E-state index contributed by atoms with van der Waals surface area (Å²) < 4.78 is 1.88. The van der Waals surface area contributed by atoms with Crippen LogP contribution in [0.2, 0.25) is 0 Å². The molecule has 6 nitrogen and oxygen atoms in total. The van der Waals surface area contributed by atoms with Crippen molar-refractivity contribution in [2.45, 2.75) is 25.3 Å². The van der Waals surface area contributed by atoms with Crippen LogP contribution in [-0.2, 0) is 11.2 Å². The molecule has 1 saturated heterocycles. The molecule has 1 aliphatic rings. The summed E-state index contributed by atoms with van der Waals surface area (Å²) in [6.07, 6.45) is 5.75. The van der Waals surface area contributed by atoms with Gasteiger partial charge in [0.15, 0.2) is 0 Å². The van der Waals surface area contributed by atoms with Gasteiger partial charge in [0, 0.05) is 19.3 Å². The third kappa shape index (κ3) is 3.21. The largest absolute Gasteiger partial charge is 0.508 e. The maximum Gasteiger partial charge on any atom is 0.226 e. The highest BCUT2D eigenvalue weighted by molar-refractivity contribution is 5.78. The fourth-order valence-corrected chi connectivity index (χ4v) is 2.69. The quantitative estimate of drug-likeness (QED) is 0.925. The summed E-state index contributed by atoms with van der Waals surface area (Å²) >= 11 is 0. The van der Waals surface area contributed by atoms with Gasteiger partial charge >= 0.3 is 0 Å². The lowest BCUT2D eigenvalue weighted by Crippen LogP contribution is -2.40. The van der Waals surface area contributed by atoms with Gasteiger partial charge < -0.3 is 10.0 Å². The Kier molecular flexibility index (Phi) is 3.85. The van der Waals surface area contributed by atoms with E-state index in [9.17, 15) is 9.90 Å². The van der Waals surface area contributed by atoms with Crippen LogP contribution in [0.3, 0.4) is 0 Å². The van der Waals surface area contributed by atoms with Crippen molar-refractivity contribution in [3.8, 4) is 5.75 Å². The lowest BCUT2D eigenvalue weighted by molar-refractivity contribution is -0.131. The summed E-state index contributed by atoms with van der Waals surface area (Å²) in [6, 6.07) is 7.13. The minimum Gasteiger partial charge on any atom is -0.508 e. The Labute approximate surface area is 123 Å². The monoisotopic (exact) mass is 286 g/mol. The number of benzene rings is 1. The van der Waals surface area contributed by atoms with Crippen molar-refractivity contribution in [3.63, 3.8) is 0 Å². The minimum absolute atomic E-state index is 0.137. The highest BCUT2D eigenvalue weighted by Gasteiger charge is 2.24. The first kappa shape index (κ1) is 13.6. The topological polar surface area (TPSA) is 71.2 Å². The van der Waals surface area contributed by atoms with Gasteiger partial charge in [0.2, 0.25) is 5.91 Å². The van der Waals surface area contributed by atoms with E-state index in [-0.39, 0.29) is 11.7 Å². The van der Waals surface area contributed by atoms with E-state index in [2.05, 4.69) is 10.3 Å². The van der Waals surface area contributed by atoms with Gasteiger partial charge in [-0.15, -0.1) is 5.10 Å². The predicted molar refractivity (Wildman–Crippen MR) is 76.7 cm³/mol. The van der Waals surface area contributed by atoms with Gasteiger partial charge in [0.05, 0.1) is 18.7 Å². The van der Waals surface area contributed by atoms with Gasteiger partial charge in [-0.2, -0.15) is 0 Å². The Morgan fingerprint density at radius 2 is 1.95 bits per heavy atom. The van der Waals surface area contributed by atoms with E-state index in [1.54, 1.807) is 30.5 Å². The lowest BCUT2D eigenvalue weighted by atomic mass is 10.0. The number of hydrogen-bond acceptors (Lipinski definition) is 4. The molecular weight excluding hydrogens is 268 g/mol. The first-order valence-corrected chi connectivity index (χ1v) is 7.14. The minimum atomic E-state index is 0.137. The molecule has 1 aromatic heterocycles. The van der Waals surface area contributed by atoms with E-state index in [1.807, 2.05) is 15.8 Å². The first-order valence-electron chi connectivity index (χ1n) is 7.14. The molecule has 6 heteroatoms. The summed E-state index contributed by atoms with van der Waals surface area (Å²) in [5.41, 5.74) is 0.927. The van der Waals surface area contributed by atoms with Gasteiger partial charge in [-0.1, -0.05) is 17.3 Å². The Morgan fingerprint density at radius 1 is 1.24 bits per heavy atom. The molecule has 0 radical (unpaired) electrons. The van der Waals surface area contributed by atoms with E-state index in [0.29, 0.717) is 12.5 Å². The molecule has 2 aromatic rings. The van der Waals surface area contributed by atoms with Crippen molar-refractivity contribution in [3.05, 3.63) is 42.2 Å². The summed E-state index contributed by atoms with van der Waals surface area (Å²) in [5.74, 6) is 0.359. The number of carbonyl (C=O) groups is 1. The summed E-state index contributed by atoms with van der Waals surface area (Å²) in [6.45, 7) is 1.50. The van der Waals surface area contributed by atoms with E-state index in [0.717, 1.165) is 31.5 Å². The zero-order chi connectivity index (χ0) is 14.7. The van der Waals surface area contributed by atoms with Crippen LogP contribution in [0.4, 0.5) is 0 Å². The Morgan fingerprint density at radius 3 is 2.57 bits per heavy atom. The molecule has 0 aliphatic carbocycles. The molecule has 0 saturated carbocycles. The maximum atomic E-state index is 12.3. The molecule has 0 spiro atoms. The normalized spacial score (nSPS) is 16.1. The van der Waals surface area contributed by atoms with Crippen molar-refractivity contribution >= 4 is 5.91 Å². The first-order chi connectivity index (χ1) is 10.2. The molecule has 0 unspecified atom stereocenters. The maximum absolute atomic E-state index is 12.3. The van der Waals surface area contributed by atoms with Gasteiger partial charge in [-0.25, -0.2) is 4.68 Å². The number of aromatic hydroxyl groups is 1. The average molecular weight is 286 g/mol. The van der Waals surface area contributed by atoms with Gasteiger partial charge in [-0.3, -0.25) is 4.79 Å². The second-order valence-electron chi connectivity index (χ2n) is 5.34. The van der Waals surface area contributed by atoms with Crippen molar-refractivity contribution in [1.29, 1.82) is 0 Å². The third-order valence-corrected chi connectivity index (χ3v) is 3.92. The molecule has 21 heavy (non-hydrogen) atoms. The number of aromatic nitrogens is 3. The van der Waals surface area contributed by atoms with Crippen LogP contribution in [0.15, 0.2) is 36.7 Å². The van der Waals surface area contributed by atoms with Crippen LogP contribution >= 0.6 is 0 Å². The van der Waals surface area contributed by atoms with Gasteiger partial charge in [0.1, 0.15) is 5.75 Å². The second kappa shape index (κ2) is 5.95. The zero-order valence-corrected chi connectivity index (χ0v) is 11.7. The van der Waals surface area contributed by atoms with E-state index in [4.69, 9.17) is 0 Å². The smallest absolute Gasteiger partial charge is 0.226 e. The van der Waals surface area contributed by atoms with E-state index < -0.39 is 0 Å². The van der Waals surface area contributed by atoms with Crippen molar-refractivity contribution in [1.82, 2.24) is 19.9 Å². The molecule has 2 heterocycles. The Bertz CT molecular complexity index is 587. The van der Waals surface area contributed by atoms with Gasteiger partial charge in [0.25, 0.3) is 0 Å². The molecule has 0 atom stereocenters. The van der Waals surface area contributed by atoms with Crippen LogP contribution in [0.25, 0.3) is 0 Å². The highest BCUT2D eigenvalue weighted by atomic mass is 16.3. The van der Waals surface area contributed by atoms with Crippen LogP contribution in [0, 0.1) is 0 Å². The number of rotatable bonds is 3. The molecule has 0 bridgehead atoms. The summed E-state index contributed by atoms with van der Waals surface area (Å²) in [5, 5.41) is 17.1. The van der Waals surface area contributed by atoms with Gasteiger partial charge in [-0.05, 0) is 30.5 Å². The highest BCUT2D eigenvalue weighted by Crippen LogP contribution is 2.22. The van der Waals surface area contributed by atoms with Crippen molar-refractivity contribution in [2.75, 3.05) is 13.1 Å². The summed E-state index contributed by atoms with van der Waals surface area (Å²) in [4.78, 5) is 14.2. The number of amides is 1. The number of nitrogens with zero attached hydrogens (tertiary/aromatic N) is 4. The molecule has 1 amide bonds. The van der Waals surface area contributed by atoms with Crippen LogP contribution in [0.1, 0.15) is 24.4 Å². The van der Waals surface area contributed by atoms with Crippen molar-refractivity contribution in [2.24, 2.45) is 0 Å². The summed E-state index contributed by atoms with van der Waals surface area (Å²) in [7, 11) is 0. The number of phenols is 1. The molecule has 1 aromatic carbocycles. The average Bonchev–Trinajstić information content (AvgIpc) is 3.04. The Hall–Kier alpha value is -2.37. The lowest BCUT2D eigenvalue weighted by Gasteiger charge is -2.32. The van der Waals surface area contributed by atoms with Crippen LogP contribution in [-0.4, -0.2) is 44.0 Å². The van der Waals surface area contributed by atoms with Crippen LogP contribution in [0.5, 0.6) is 5.75 Å². The number of piperidine rings is 1. The standard InChI is InChI=1S/C15H18N4O2/c20-14-3-1-12(2-4-14)11-15(21)18-8-5-13(6-9-18)19-10-7-16-17-19/h1-4,7,10,13,20H,5-6,8-9,11H2. The molecule has 3 rings (SSSR count). The zero-order valence-electron chi connectivity index (χ0n) is 11.7.